The number of Topliss-reactive ketones (excluding diaryl/α,β-unsaturated/α-hetero) is 1. The van der Waals surface area contributed by atoms with Crippen LogP contribution in [0.3, 0.4) is 0 Å². The maximum absolute atomic E-state index is 14.2. The SMILES string of the molecule is C=CCCCC(C)C(O[Si](C)(C)C(C)(C)C)C(C)C(=O)C(C)(C)C(CC(=O)O)O[Si](C)(C)C(C)(C)C. The second-order valence-corrected chi connectivity index (χ2v) is 23.9. The number of carboxylic acids is 1. The number of aliphatic carboxylic acids is 1. The van der Waals surface area contributed by atoms with E-state index >= 15 is 0 Å². The molecule has 0 radical (unpaired) electrons. The molecule has 0 saturated carbocycles. The minimum absolute atomic E-state index is 0.0155. The average Bonchev–Trinajstić information content (AvgIpc) is 2.68. The van der Waals surface area contributed by atoms with Crippen molar-refractivity contribution < 1.29 is 23.5 Å². The van der Waals surface area contributed by atoms with Gasteiger partial charge in [0, 0.05) is 11.3 Å². The molecule has 4 atom stereocenters. The normalized spacial score (nSPS) is 17.3. The number of ketones is 1. The van der Waals surface area contributed by atoms with Crippen molar-refractivity contribution in [2.45, 2.75) is 143 Å². The fourth-order valence-corrected chi connectivity index (χ4v) is 6.92. The maximum atomic E-state index is 14.2. The zero-order valence-corrected chi connectivity index (χ0v) is 28.0. The number of hydrogen-bond donors (Lipinski definition) is 1. The largest absolute Gasteiger partial charge is 0.481 e. The molecule has 0 aromatic carbocycles. The highest BCUT2D eigenvalue weighted by molar-refractivity contribution is 6.74. The Bertz CT molecular complexity index is 744. The van der Waals surface area contributed by atoms with Crippen molar-refractivity contribution in [3.05, 3.63) is 12.7 Å². The molecule has 0 spiro atoms. The standard InChI is InChI=1S/C29H58O5Si2/c1-16-17-18-19-21(2)25(34-36(14,15)28(7,8)9)22(3)26(32)29(10,11)23(20-24(30)31)33-35(12,13)27(4,5)6/h16,21-23,25H,1,17-20H2,2-15H3,(H,30,31). The van der Waals surface area contributed by atoms with Gasteiger partial charge in [0.2, 0.25) is 0 Å². The molecule has 0 heterocycles. The number of allylic oxidation sites excluding steroid dienone is 1. The van der Waals surface area contributed by atoms with Crippen LogP contribution in [0.1, 0.15) is 94.9 Å². The summed E-state index contributed by atoms with van der Waals surface area (Å²) in [5.74, 6) is -1.12. The van der Waals surface area contributed by atoms with Crippen molar-refractivity contribution in [2.24, 2.45) is 17.3 Å². The first-order valence-corrected chi connectivity index (χ1v) is 19.5. The molecule has 0 aromatic rings. The fourth-order valence-electron chi connectivity index (χ4n) is 4.01. The molecule has 1 N–H and O–H groups in total. The van der Waals surface area contributed by atoms with Crippen molar-refractivity contribution in [3.8, 4) is 0 Å². The number of carbonyl (C=O) groups is 2. The van der Waals surface area contributed by atoms with Crippen LogP contribution in [0.15, 0.2) is 12.7 Å². The van der Waals surface area contributed by atoms with Crippen LogP contribution in [-0.4, -0.2) is 45.7 Å². The van der Waals surface area contributed by atoms with E-state index in [9.17, 15) is 14.7 Å². The van der Waals surface area contributed by atoms with Gasteiger partial charge >= 0.3 is 5.97 Å². The topological polar surface area (TPSA) is 72.8 Å². The molecule has 4 unspecified atom stereocenters. The molecule has 0 aliphatic carbocycles. The zero-order valence-electron chi connectivity index (χ0n) is 26.0. The first-order valence-electron chi connectivity index (χ1n) is 13.6. The molecule has 0 aliphatic heterocycles. The first kappa shape index (κ1) is 35.2. The van der Waals surface area contributed by atoms with Gasteiger partial charge in [-0.05, 0) is 61.4 Å². The van der Waals surface area contributed by atoms with E-state index in [0.717, 1.165) is 19.3 Å². The molecule has 36 heavy (non-hydrogen) atoms. The molecular formula is C29H58O5Si2. The summed E-state index contributed by atoms with van der Waals surface area (Å²) in [6, 6.07) is 0. The minimum Gasteiger partial charge on any atom is -0.481 e. The summed E-state index contributed by atoms with van der Waals surface area (Å²) in [6.45, 7) is 33.4. The maximum Gasteiger partial charge on any atom is 0.305 e. The van der Waals surface area contributed by atoms with Gasteiger partial charge in [-0.1, -0.05) is 75.3 Å². The molecule has 0 rings (SSSR count). The number of carboxylic acid groups (broad SMARTS) is 1. The number of carbonyl (C=O) groups excluding carboxylic acids is 1. The molecule has 0 saturated heterocycles. The highest BCUT2D eigenvalue weighted by Crippen LogP contribution is 2.44. The Hall–Kier alpha value is -0.766. The smallest absolute Gasteiger partial charge is 0.305 e. The van der Waals surface area contributed by atoms with Gasteiger partial charge in [-0.25, -0.2) is 0 Å². The Balaban J connectivity index is 6.31. The number of rotatable bonds is 15. The predicted molar refractivity (Wildman–Crippen MR) is 158 cm³/mol. The van der Waals surface area contributed by atoms with E-state index in [1.54, 1.807) is 0 Å². The molecule has 7 heteroatoms. The lowest BCUT2D eigenvalue weighted by Crippen LogP contribution is -2.54. The van der Waals surface area contributed by atoms with Crippen LogP contribution < -0.4 is 0 Å². The number of unbranched alkanes of at least 4 members (excludes halogenated alkanes) is 1. The van der Waals surface area contributed by atoms with Crippen molar-refractivity contribution in [1.82, 2.24) is 0 Å². The van der Waals surface area contributed by atoms with E-state index in [1.165, 1.54) is 0 Å². The number of hydrogen-bond acceptors (Lipinski definition) is 4. The molecule has 0 aliphatic rings. The Morgan fingerprint density at radius 3 is 1.72 bits per heavy atom. The van der Waals surface area contributed by atoms with E-state index in [1.807, 2.05) is 26.8 Å². The zero-order chi connectivity index (χ0) is 28.9. The van der Waals surface area contributed by atoms with E-state index in [0.29, 0.717) is 0 Å². The van der Waals surface area contributed by atoms with Gasteiger partial charge in [0.15, 0.2) is 16.6 Å². The molecular weight excluding hydrogens is 484 g/mol. The van der Waals surface area contributed by atoms with Crippen LogP contribution in [0, 0.1) is 17.3 Å². The Kier molecular flexibility index (Phi) is 12.6. The van der Waals surface area contributed by atoms with Crippen molar-refractivity contribution in [1.29, 1.82) is 0 Å². The summed E-state index contributed by atoms with van der Waals surface area (Å²) in [6.07, 6.45) is 3.69. The van der Waals surface area contributed by atoms with Crippen molar-refractivity contribution in [2.75, 3.05) is 0 Å². The Labute approximate surface area is 225 Å². The second-order valence-electron chi connectivity index (χ2n) is 14.4. The lowest BCUT2D eigenvalue weighted by atomic mass is 9.73. The summed E-state index contributed by atoms with van der Waals surface area (Å²) >= 11 is 0. The average molecular weight is 543 g/mol. The summed E-state index contributed by atoms with van der Waals surface area (Å²) in [7, 11) is -4.46. The van der Waals surface area contributed by atoms with Crippen LogP contribution in [0.5, 0.6) is 0 Å². The lowest BCUT2D eigenvalue weighted by molar-refractivity contribution is -0.146. The van der Waals surface area contributed by atoms with E-state index in [-0.39, 0.29) is 40.2 Å². The third kappa shape index (κ3) is 9.52. The highest BCUT2D eigenvalue weighted by Gasteiger charge is 2.49. The van der Waals surface area contributed by atoms with Gasteiger partial charge in [-0.15, -0.1) is 6.58 Å². The molecule has 212 valence electrons. The second kappa shape index (κ2) is 12.9. The quantitative estimate of drug-likeness (QED) is 0.128. The minimum atomic E-state index is -2.31. The van der Waals surface area contributed by atoms with Gasteiger partial charge in [-0.2, -0.15) is 0 Å². The third-order valence-electron chi connectivity index (χ3n) is 8.81. The van der Waals surface area contributed by atoms with Gasteiger partial charge in [0.1, 0.15) is 5.78 Å². The molecule has 0 fully saturated rings. The summed E-state index contributed by atoms with van der Waals surface area (Å²) < 4.78 is 13.6. The van der Waals surface area contributed by atoms with Crippen LogP contribution in [0.2, 0.25) is 36.3 Å². The van der Waals surface area contributed by atoms with Gasteiger partial charge < -0.3 is 14.0 Å². The third-order valence-corrected chi connectivity index (χ3v) is 17.8. The molecule has 0 bridgehead atoms. The van der Waals surface area contributed by atoms with Gasteiger partial charge in [0.05, 0.1) is 18.6 Å². The van der Waals surface area contributed by atoms with Crippen LogP contribution in [-0.2, 0) is 18.4 Å². The van der Waals surface area contributed by atoms with Gasteiger partial charge in [0.25, 0.3) is 0 Å². The monoisotopic (exact) mass is 542 g/mol. The van der Waals surface area contributed by atoms with Crippen molar-refractivity contribution in [3.63, 3.8) is 0 Å². The van der Waals surface area contributed by atoms with Gasteiger partial charge in [-0.3, -0.25) is 9.59 Å². The van der Waals surface area contributed by atoms with Crippen LogP contribution >= 0.6 is 0 Å². The van der Waals surface area contributed by atoms with Crippen LogP contribution in [0.4, 0.5) is 0 Å². The summed E-state index contributed by atoms with van der Waals surface area (Å²) in [4.78, 5) is 26.1. The molecule has 0 aromatic heterocycles. The predicted octanol–water partition coefficient (Wildman–Crippen LogP) is 8.47. The summed E-state index contributed by atoms with van der Waals surface area (Å²) in [5, 5.41) is 9.64. The van der Waals surface area contributed by atoms with E-state index < -0.39 is 34.1 Å². The fraction of sp³-hybridized carbons (Fsp3) is 0.862. The molecule has 5 nitrogen and oxygen atoms in total. The Morgan fingerprint density at radius 2 is 1.33 bits per heavy atom. The molecule has 0 amide bonds. The van der Waals surface area contributed by atoms with E-state index in [2.05, 4.69) is 81.2 Å². The summed E-state index contributed by atoms with van der Waals surface area (Å²) in [5.41, 5.74) is -0.969. The Morgan fingerprint density at radius 1 is 0.889 bits per heavy atom. The van der Waals surface area contributed by atoms with Crippen molar-refractivity contribution >= 4 is 28.4 Å². The first-order chi connectivity index (χ1) is 15.9. The van der Waals surface area contributed by atoms with E-state index in [4.69, 9.17) is 8.85 Å². The highest BCUT2D eigenvalue weighted by atomic mass is 28.4. The lowest BCUT2D eigenvalue weighted by Gasteiger charge is -2.46. The van der Waals surface area contributed by atoms with Crippen LogP contribution in [0.25, 0.3) is 0 Å².